The van der Waals surface area contributed by atoms with Gasteiger partial charge in [-0.2, -0.15) is 5.10 Å². The molecule has 2 rings (SSSR count). The molecule has 0 spiro atoms. The van der Waals surface area contributed by atoms with Crippen molar-refractivity contribution >= 4 is 5.82 Å². The molecule has 2 aromatic rings. The average molecular weight is 231 g/mol. The zero-order valence-electron chi connectivity index (χ0n) is 10.6. The van der Waals surface area contributed by atoms with Crippen LogP contribution in [0.4, 0.5) is 5.82 Å². The zero-order valence-corrected chi connectivity index (χ0v) is 10.6. The first-order valence-corrected chi connectivity index (χ1v) is 5.51. The van der Waals surface area contributed by atoms with Gasteiger partial charge in [-0.05, 0) is 43.5 Å². The fourth-order valence-corrected chi connectivity index (χ4v) is 2.08. The van der Waals surface area contributed by atoms with Crippen LogP contribution in [0.15, 0.2) is 12.1 Å². The number of nitrogens with one attached hydrogen (secondary N) is 1. The Morgan fingerprint density at radius 3 is 2.41 bits per heavy atom. The van der Waals surface area contributed by atoms with Gasteiger partial charge in [0.05, 0.1) is 7.11 Å². The van der Waals surface area contributed by atoms with E-state index >= 15 is 0 Å². The lowest BCUT2D eigenvalue weighted by molar-refractivity contribution is 0.411. The number of anilines is 1. The van der Waals surface area contributed by atoms with Crippen LogP contribution >= 0.6 is 0 Å². The number of nitrogen functional groups attached to an aromatic ring is 1. The number of rotatable bonds is 2. The molecule has 0 amide bonds. The molecule has 4 heteroatoms. The molecule has 1 aromatic heterocycles. The van der Waals surface area contributed by atoms with Crippen LogP contribution in [0.3, 0.4) is 0 Å². The Hall–Kier alpha value is -1.97. The molecule has 0 radical (unpaired) electrons. The summed E-state index contributed by atoms with van der Waals surface area (Å²) in [4.78, 5) is 0. The van der Waals surface area contributed by atoms with E-state index in [9.17, 15) is 0 Å². The fourth-order valence-electron chi connectivity index (χ4n) is 2.08. The number of hydrogen-bond acceptors (Lipinski definition) is 3. The summed E-state index contributed by atoms with van der Waals surface area (Å²) in [6.07, 6.45) is 0. The van der Waals surface area contributed by atoms with E-state index in [4.69, 9.17) is 10.5 Å². The van der Waals surface area contributed by atoms with Crippen LogP contribution in [0.1, 0.15) is 16.8 Å². The van der Waals surface area contributed by atoms with Crippen molar-refractivity contribution in [3.8, 4) is 16.9 Å². The minimum Gasteiger partial charge on any atom is -0.496 e. The largest absolute Gasteiger partial charge is 0.496 e. The Bertz CT molecular complexity index is 539. The Labute approximate surface area is 101 Å². The molecular formula is C13H17N3O. The monoisotopic (exact) mass is 231 g/mol. The van der Waals surface area contributed by atoms with E-state index in [2.05, 4.69) is 17.1 Å². The second-order valence-electron chi connectivity index (χ2n) is 4.17. The quantitative estimate of drug-likeness (QED) is 0.835. The molecule has 0 aliphatic heterocycles. The minimum atomic E-state index is 0.537. The van der Waals surface area contributed by atoms with Crippen molar-refractivity contribution in [2.24, 2.45) is 0 Å². The summed E-state index contributed by atoms with van der Waals surface area (Å²) in [6, 6.07) is 3.99. The molecule has 4 nitrogen and oxygen atoms in total. The summed E-state index contributed by atoms with van der Waals surface area (Å²) < 4.78 is 5.30. The van der Waals surface area contributed by atoms with Crippen molar-refractivity contribution in [3.05, 3.63) is 29.0 Å². The van der Waals surface area contributed by atoms with Crippen molar-refractivity contribution in [2.45, 2.75) is 20.8 Å². The van der Waals surface area contributed by atoms with Crippen molar-refractivity contribution in [1.82, 2.24) is 10.2 Å². The third kappa shape index (κ3) is 1.75. The molecule has 0 saturated heterocycles. The number of nitrogens with two attached hydrogens (primary N) is 1. The first-order valence-electron chi connectivity index (χ1n) is 5.51. The van der Waals surface area contributed by atoms with Gasteiger partial charge in [0, 0.05) is 11.3 Å². The van der Waals surface area contributed by atoms with Gasteiger partial charge in [0.2, 0.25) is 0 Å². The molecule has 0 bridgehead atoms. The molecule has 0 fully saturated rings. The van der Waals surface area contributed by atoms with E-state index in [1.807, 2.05) is 26.0 Å². The van der Waals surface area contributed by atoms with Gasteiger partial charge in [0.1, 0.15) is 5.75 Å². The summed E-state index contributed by atoms with van der Waals surface area (Å²) in [5.74, 6) is 1.43. The number of H-pyrrole nitrogens is 1. The Kier molecular flexibility index (Phi) is 2.79. The predicted molar refractivity (Wildman–Crippen MR) is 69.2 cm³/mol. The lowest BCUT2D eigenvalue weighted by Gasteiger charge is -2.12. The van der Waals surface area contributed by atoms with E-state index < -0.39 is 0 Å². The highest BCUT2D eigenvalue weighted by molar-refractivity contribution is 5.79. The predicted octanol–water partition coefficient (Wildman–Crippen LogP) is 2.59. The molecule has 0 aliphatic rings. The second-order valence-corrected chi connectivity index (χ2v) is 4.17. The third-order valence-corrected chi connectivity index (χ3v) is 3.20. The van der Waals surface area contributed by atoms with Gasteiger partial charge in [0.15, 0.2) is 5.82 Å². The van der Waals surface area contributed by atoms with E-state index in [0.29, 0.717) is 5.82 Å². The highest BCUT2D eigenvalue weighted by Crippen LogP contribution is 2.34. The molecular weight excluding hydrogens is 214 g/mol. The van der Waals surface area contributed by atoms with E-state index in [0.717, 1.165) is 28.1 Å². The third-order valence-electron chi connectivity index (χ3n) is 3.20. The van der Waals surface area contributed by atoms with Crippen molar-refractivity contribution in [1.29, 1.82) is 0 Å². The number of aryl methyl sites for hydroxylation is 1. The van der Waals surface area contributed by atoms with Crippen LogP contribution in [0.5, 0.6) is 5.75 Å². The lowest BCUT2D eigenvalue weighted by atomic mass is 9.96. The minimum absolute atomic E-state index is 0.537. The first-order chi connectivity index (χ1) is 8.06. The van der Waals surface area contributed by atoms with Gasteiger partial charge < -0.3 is 10.5 Å². The number of methoxy groups -OCH3 is 1. The SMILES string of the molecule is COc1ccc(-c2c(N)n[nH]c2C)c(C)c1C. The van der Waals surface area contributed by atoms with E-state index in [1.54, 1.807) is 7.11 Å². The molecule has 0 atom stereocenters. The highest BCUT2D eigenvalue weighted by Gasteiger charge is 2.14. The fraction of sp³-hybridized carbons (Fsp3) is 0.308. The van der Waals surface area contributed by atoms with Crippen molar-refractivity contribution in [2.75, 3.05) is 12.8 Å². The molecule has 90 valence electrons. The number of nitrogens with zero attached hydrogens (tertiary/aromatic N) is 1. The van der Waals surface area contributed by atoms with Gasteiger partial charge in [-0.1, -0.05) is 6.07 Å². The molecule has 1 heterocycles. The van der Waals surface area contributed by atoms with Gasteiger partial charge in [0.25, 0.3) is 0 Å². The molecule has 1 aromatic carbocycles. The Morgan fingerprint density at radius 1 is 1.18 bits per heavy atom. The number of aromatic amines is 1. The average Bonchev–Trinajstić information content (AvgIpc) is 2.63. The summed E-state index contributed by atoms with van der Waals surface area (Å²) in [7, 11) is 1.68. The maximum absolute atomic E-state index is 5.89. The van der Waals surface area contributed by atoms with Crippen LogP contribution in [-0.4, -0.2) is 17.3 Å². The summed E-state index contributed by atoms with van der Waals surface area (Å²) in [5, 5.41) is 6.93. The van der Waals surface area contributed by atoms with E-state index in [-0.39, 0.29) is 0 Å². The van der Waals surface area contributed by atoms with Crippen LogP contribution in [0.2, 0.25) is 0 Å². The van der Waals surface area contributed by atoms with Crippen LogP contribution in [0, 0.1) is 20.8 Å². The number of benzene rings is 1. The zero-order chi connectivity index (χ0) is 12.6. The van der Waals surface area contributed by atoms with Gasteiger partial charge in [-0.3, -0.25) is 5.10 Å². The highest BCUT2D eigenvalue weighted by atomic mass is 16.5. The second kappa shape index (κ2) is 4.13. The van der Waals surface area contributed by atoms with Gasteiger partial charge in [-0.25, -0.2) is 0 Å². The van der Waals surface area contributed by atoms with Crippen LogP contribution in [0.25, 0.3) is 11.1 Å². The smallest absolute Gasteiger partial charge is 0.153 e. The summed E-state index contributed by atoms with van der Waals surface area (Å²) in [5.41, 5.74) is 11.3. The Morgan fingerprint density at radius 2 is 1.88 bits per heavy atom. The standard InChI is InChI=1S/C13H17N3O/c1-7-8(2)11(17-4)6-5-10(7)12-9(3)15-16-13(12)14/h5-6H,1-4H3,(H3,14,15,16). The summed E-state index contributed by atoms with van der Waals surface area (Å²) in [6.45, 7) is 6.08. The van der Waals surface area contributed by atoms with Crippen molar-refractivity contribution < 1.29 is 4.74 Å². The number of ether oxygens (including phenoxy) is 1. The molecule has 0 unspecified atom stereocenters. The topological polar surface area (TPSA) is 63.9 Å². The normalized spacial score (nSPS) is 10.6. The number of hydrogen-bond donors (Lipinski definition) is 2. The van der Waals surface area contributed by atoms with Gasteiger partial charge >= 0.3 is 0 Å². The molecule has 3 N–H and O–H groups in total. The maximum Gasteiger partial charge on any atom is 0.153 e. The van der Waals surface area contributed by atoms with Gasteiger partial charge in [-0.15, -0.1) is 0 Å². The van der Waals surface area contributed by atoms with Crippen molar-refractivity contribution in [3.63, 3.8) is 0 Å². The maximum atomic E-state index is 5.89. The summed E-state index contributed by atoms with van der Waals surface area (Å²) >= 11 is 0. The lowest BCUT2D eigenvalue weighted by Crippen LogP contribution is -1.95. The molecule has 17 heavy (non-hydrogen) atoms. The molecule has 0 saturated carbocycles. The molecule has 0 aliphatic carbocycles. The van der Waals surface area contributed by atoms with Crippen LogP contribution < -0.4 is 10.5 Å². The van der Waals surface area contributed by atoms with E-state index in [1.165, 1.54) is 5.56 Å². The Balaban J connectivity index is 2.66. The van der Waals surface area contributed by atoms with Crippen LogP contribution in [-0.2, 0) is 0 Å². The number of aromatic nitrogens is 2. The first kappa shape index (κ1) is 11.5.